The second-order valence-corrected chi connectivity index (χ2v) is 5.51. The van der Waals surface area contributed by atoms with E-state index in [1.165, 1.54) is 11.0 Å². The highest BCUT2D eigenvalue weighted by molar-refractivity contribution is 6.01. The second kappa shape index (κ2) is 7.72. The molecule has 0 saturated carbocycles. The highest BCUT2D eigenvalue weighted by Crippen LogP contribution is 2.22. The van der Waals surface area contributed by atoms with E-state index in [0.29, 0.717) is 13.1 Å². The molecule has 1 atom stereocenters. The van der Waals surface area contributed by atoms with Gasteiger partial charge in [0.1, 0.15) is 5.82 Å². The molecule has 1 aromatic rings. The standard InChI is InChI=1S/C15H19FN4O2.ClH/c16-12-3-1-2-11(8-12)13-9-17-4-5-19(13)6-7-20-14(21)10-18-15(20)22;/h1-3,8,13,17H,4-7,9-10H2,(H,18,22);1H. The van der Waals surface area contributed by atoms with E-state index in [0.717, 1.165) is 25.2 Å². The van der Waals surface area contributed by atoms with Gasteiger partial charge in [-0.3, -0.25) is 14.6 Å². The van der Waals surface area contributed by atoms with Crippen molar-refractivity contribution in [1.29, 1.82) is 0 Å². The Morgan fingerprint density at radius 1 is 1.26 bits per heavy atom. The molecule has 6 nitrogen and oxygen atoms in total. The molecule has 126 valence electrons. The van der Waals surface area contributed by atoms with Crippen LogP contribution in [0.15, 0.2) is 24.3 Å². The molecule has 0 radical (unpaired) electrons. The number of halogens is 2. The predicted molar refractivity (Wildman–Crippen MR) is 85.9 cm³/mol. The zero-order valence-corrected chi connectivity index (χ0v) is 13.4. The minimum absolute atomic E-state index is 0. The van der Waals surface area contributed by atoms with E-state index < -0.39 is 0 Å². The summed E-state index contributed by atoms with van der Waals surface area (Å²) in [4.78, 5) is 26.6. The summed E-state index contributed by atoms with van der Waals surface area (Å²) >= 11 is 0. The topological polar surface area (TPSA) is 64.7 Å². The van der Waals surface area contributed by atoms with Gasteiger partial charge in [-0.2, -0.15) is 0 Å². The maximum atomic E-state index is 13.4. The largest absolute Gasteiger partial charge is 0.329 e. The Bertz CT molecular complexity index is 570. The van der Waals surface area contributed by atoms with Crippen molar-refractivity contribution >= 4 is 24.3 Å². The first kappa shape index (κ1) is 17.7. The number of amides is 3. The lowest BCUT2D eigenvalue weighted by Gasteiger charge is -2.37. The Hall–Kier alpha value is -1.70. The summed E-state index contributed by atoms with van der Waals surface area (Å²) in [7, 11) is 0. The van der Waals surface area contributed by atoms with Gasteiger partial charge < -0.3 is 10.6 Å². The Kier molecular flexibility index (Phi) is 5.92. The van der Waals surface area contributed by atoms with Gasteiger partial charge in [-0.15, -0.1) is 12.4 Å². The average molecular weight is 343 g/mol. The molecule has 2 fully saturated rings. The van der Waals surface area contributed by atoms with E-state index >= 15 is 0 Å². The molecule has 0 spiro atoms. The van der Waals surface area contributed by atoms with E-state index in [1.54, 1.807) is 12.1 Å². The normalized spacial score (nSPS) is 22.0. The quantitative estimate of drug-likeness (QED) is 0.792. The molecular formula is C15H20ClFN4O2. The first-order chi connectivity index (χ1) is 10.6. The van der Waals surface area contributed by atoms with Gasteiger partial charge in [0.05, 0.1) is 6.54 Å². The molecule has 23 heavy (non-hydrogen) atoms. The summed E-state index contributed by atoms with van der Waals surface area (Å²) in [6.45, 7) is 3.38. The van der Waals surface area contributed by atoms with Crippen LogP contribution in [0.3, 0.4) is 0 Å². The third-order valence-corrected chi connectivity index (χ3v) is 4.14. The third-order valence-electron chi connectivity index (χ3n) is 4.14. The first-order valence-electron chi connectivity index (χ1n) is 7.43. The molecule has 1 aromatic carbocycles. The van der Waals surface area contributed by atoms with E-state index in [-0.39, 0.29) is 42.7 Å². The zero-order valence-electron chi connectivity index (χ0n) is 12.6. The molecule has 3 amide bonds. The van der Waals surface area contributed by atoms with Crippen LogP contribution in [-0.2, 0) is 4.79 Å². The van der Waals surface area contributed by atoms with Crippen molar-refractivity contribution in [2.24, 2.45) is 0 Å². The van der Waals surface area contributed by atoms with Crippen molar-refractivity contribution in [3.05, 3.63) is 35.6 Å². The van der Waals surface area contributed by atoms with Crippen LogP contribution in [0, 0.1) is 5.82 Å². The molecule has 2 aliphatic heterocycles. The maximum absolute atomic E-state index is 13.4. The van der Waals surface area contributed by atoms with Crippen LogP contribution in [0.1, 0.15) is 11.6 Å². The van der Waals surface area contributed by atoms with Crippen LogP contribution in [0.25, 0.3) is 0 Å². The number of imide groups is 1. The molecule has 3 rings (SSSR count). The van der Waals surface area contributed by atoms with Crippen molar-refractivity contribution < 1.29 is 14.0 Å². The molecule has 0 aliphatic carbocycles. The SMILES string of the molecule is Cl.O=C1CNC(=O)N1CCN1CCNCC1c1cccc(F)c1. The van der Waals surface area contributed by atoms with Crippen LogP contribution < -0.4 is 10.6 Å². The molecule has 2 N–H and O–H groups in total. The van der Waals surface area contributed by atoms with Gasteiger partial charge in [0, 0.05) is 38.8 Å². The number of piperazine rings is 1. The molecule has 0 bridgehead atoms. The second-order valence-electron chi connectivity index (χ2n) is 5.51. The molecule has 2 heterocycles. The van der Waals surface area contributed by atoms with Crippen molar-refractivity contribution in [2.45, 2.75) is 6.04 Å². The lowest BCUT2D eigenvalue weighted by Crippen LogP contribution is -2.49. The number of nitrogens with zero attached hydrogens (tertiary/aromatic N) is 2. The predicted octanol–water partition coefficient (Wildman–Crippen LogP) is 0.746. The number of hydrogen-bond acceptors (Lipinski definition) is 4. The average Bonchev–Trinajstić information content (AvgIpc) is 2.84. The van der Waals surface area contributed by atoms with Gasteiger partial charge in [-0.05, 0) is 17.7 Å². The Morgan fingerprint density at radius 2 is 2.09 bits per heavy atom. The van der Waals surface area contributed by atoms with E-state index in [2.05, 4.69) is 15.5 Å². The number of carbonyl (C=O) groups excluding carboxylic acids is 2. The lowest BCUT2D eigenvalue weighted by molar-refractivity contribution is -0.125. The third kappa shape index (κ3) is 3.99. The number of rotatable bonds is 4. The summed E-state index contributed by atoms with van der Waals surface area (Å²) in [5, 5.41) is 5.82. The Labute approximate surface area is 140 Å². The van der Waals surface area contributed by atoms with Crippen LogP contribution >= 0.6 is 12.4 Å². The number of hydrogen-bond donors (Lipinski definition) is 2. The fourth-order valence-electron chi connectivity index (χ4n) is 2.97. The smallest absolute Gasteiger partial charge is 0.324 e. The van der Waals surface area contributed by atoms with Gasteiger partial charge in [0.25, 0.3) is 0 Å². The maximum Gasteiger partial charge on any atom is 0.324 e. The zero-order chi connectivity index (χ0) is 15.5. The number of carbonyl (C=O) groups is 2. The summed E-state index contributed by atoms with van der Waals surface area (Å²) in [5.74, 6) is -0.445. The highest BCUT2D eigenvalue weighted by Gasteiger charge is 2.30. The Balaban J connectivity index is 0.00000192. The highest BCUT2D eigenvalue weighted by atomic mass is 35.5. The van der Waals surface area contributed by atoms with Crippen molar-refractivity contribution in [3.63, 3.8) is 0 Å². The summed E-state index contributed by atoms with van der Waals surface area (Å²) < 4.78 is 13.4. The Morgan fingerprint density at radius 3 is 2.78 bits per heavy atom. The fraction of sp³-hybridized carbons (Fsp3) is 0.467. The molecule has 2 aliphatic rings. The van der Waals surface area contributed by atoms with Crippen LogP contribution in [0.2, 0.25) is 0 Å². The van der Waals surface area contributed by atoms with Crippen molar-refractivity contribution in [3.8, 4) is 0 Å². The summed E-state index contributed by atoms with van der Waals surface area (Å²) in [6.07, 6.45) is 0. The first-order valence-corrected chi connectivity index (χ1v) is 7.43. The van der Waals surface area contributed by atoms with E-state index in [4.69, 9.17) is 0 Å². The lowest BCUT2D eigenvalue weighted by atomic mass is 10.0. The van der Waals surface area contributed by atoms with Crippen LogP contribution in [0.5, 0.6) is 0 Å². The van der Waals surface area contributed by atoms with Crippen LogP contribution in [0.4, 0.5) is 9.18 Å². The van der Waals surface area contributed by atoms with E-state index in [1.807, 2.05) is 6.07 Å². The van der Waals surface area contributed by atoms with Gasteiger partial charge in [0.2, 0.25) is 5.91 Å². The molecule has 1 unspecified atom stereocenters. The van der Waals surface area contributed by atoms with E-state index in [9.17, 15) is 14.0 Å². The van der Waals surface area contributed by atoms with Gasteiger partial charge >= 0.3 is 6.03 Å². The number of nitrogens with one attached hydrogen (secondary N) is 2. The number of urea groups is 1. The molecule has 2 saturated heterocycles. The molecule has 8 heteroatoms. The summed E-state index contributed by atoms with van der Waals surface area (Å²) in [6, 6.07) is 6.29. The van der Waals surface area contributed by atoms with Gasteiger partial charge in [-0.25, -0.2) is 9.18 Å². The minimum Gasteiger partial charge on any atom is -0.329 e. The minimum atomic E-state index is -0.331. The van der Waals surface area contributed by atoms with Gasteiger partial charge in [-0.1, -0.05) is 12.1 Å². The van der Waals surface area contributed by atoms with Crippen molar-refractivity contribution in [2.75, 3.05) is 39.3 Å². The monoisotopic (exact) mass is 342 g/mol. The molecular weight excluding hydrogens is 323 g/mol. The molecule has 0 aromatic heterocycles. The van der Waals surface area contributed by atoms with Gasteiger partial charge in [0.15, 0.2) is 0 Å². The summed E-state index contributed by atoms with van der Waals surface area (Å²) in [5.41, 5.74) is 0.907. The van der Waals surface area contributed by atoms with Crippen molar-refractivity contribution in [1.82, 2.24) is 20.4 Å². The van der Waals surface area contributed by atoms with Crippen LogP contribution in [-0.4, -0.2) is 61.0 Å². The number of benzene rings is 1. The fourth-order valence-corrected chi connectivity index (χ4v) is 2.97.